The molecule has 2 aromatic carbocycles. The minimum absolute atomic E-state index is 0.108. The molecule has 0 aliphatic carbocycles. The van der Waals surface area contributed by atoms with Gasteiger partial charge in [-0.3, -0.25) is 9.36 Å². The first kappa shape index (κ1) is 15.3. The summed E-state index contributed by atoms with van der Waals surface area (Å²) >= 11 is 1.36. The zero-order valence-electron chi connectivity index (χ0n) is 12.5. The van der Waals surface area contributed by atoms with Crippen molar-refractivity contribution in [3.63, 3.8) is 0 Å². The average molecular weight is 325 g/mol. The van der Waals surface area contributed by atoms with Crippen molar-refractivity contribution in [2.45, 2.75) is 12.1 Å². The Morgan fingerprint density at radius 1 is 1.17 bits per heavy atom. The van der Waals surface area contributed by atoms with Crippen molar-refractivity contribution in [2.75, 3.05) is 5.75 Å². The lowest BCUT2D eigenvalue weighted by Gasteiger charge is -2.12. The predicted octanol–water partition coefficient (Wildman–Crippen LogP) is 3.33. The Bertz CT molecular complexity index is 920. The molecule has 0 saturated carbocycles. The highest BCUT2D eigenvalue weighted by molar-refractivity contribution is 7.99. The Morgan fingerprint density at radius 2 is 1.87 bits per heavy atom. The quantitative estimate of drug-likeness (QED) is 0.263. The number of para-hydroxylation sites is 2. The Labute approximate surface area is 137 Å². The first-order valence-electron chi connectivity index (χ1n) is 7.08. The third kappa shape index (κ3) is 3.12. The van der Waals surface area contributed by atoms with Gasteiger partial charge in [0.2, 0.25) is 0 Å². The molecule has 0 atom stereocenters. The van der Waals surface area contributed by atoms with Gasteiger partial charge in [-0.1, -0.05) is 47.2 Å². The molecule has 5 nitrogen and oxygen atoms in total. The summed E-state index contributed by atoms with van der Waals surface area (Å²) in [6, 6.07) is 16.7. The smallest absolute Gasteiger partial charge is 0.266 e. The van der Waals surface area contributed by atoms with Crippen molar-refractivity contribution in [3.8, 4) is 5.69 Å². The van der Waals surface area contributed by atoms with Crippen LogP contribution >= 0.6 is 11.8 Å². The lowest BCUT2D eigenvalue weighted by atomic mass is 10.2. The van der Waals surface area contributed by atoms with Gasteiger partial charge in [0.05, 0.1) is 22.3 Å². The van der Waals surface area contributed by atoms with Crippen LogP contribution < -0.4 is 5.56 Å². The Hall–Kier alpha value is -2.60. The summed E-state index contributed by atoms with van der Waals surface area (Å²) in [5.74, 6) is 0.452. The van der Waals surface area contributed by atoms with E-state index in [1.54, 1.807) is 17.6 Å². The van der Waals surface area contributed by atoms with Crippen LogP contribution in [-0.4, -0.2) is 26.2 Å². The van der Waals surface area contributed by atoms with E-state index in [4.69, 9.17) is 5.21 Å². The maximum Gasteiger partial charge on any atom is 0.266 e. The lowest BCUT2D eigenvalue weighted by molar-refractivity contribution is 0.318. The fraction of sp³-hybridized carbons (Fsp3) is 0.118. The number of oxime groups is 1. The molecule has 1 heterocycles. The van der Waals surface area contributed by atoms with Crippen LogP contribution in [0.2, 0.25) is 0 Å². The number of nitrogens with zero attached hydrogens (tertiary/aromatic N) is 3. The van der Waals surface area contributed by atoms with Crippen molar-refractivity contribution in [1.29, 1.82) is 0 Å². The number of rotatable bonds is 4. The van der Waals surface area contributed by atoms with Gasteiger partial charge >= 0.3 is 0 Å². The molecule has 6 heteroatoms. The second-order valence-electron chi connectivity index (χ2n) is 5.01. The maximum absolute atomic E-state index is 12.9. The predicted molar refractivity (Wildman–Crippen MR) is 93.0 cm³/mol. The highest BCUT2D eigenvalue weighted by atomic mass is 32.2. The third-order valence-electron chi connectivity index (χ3n) is 3.34. The van der Waals surface area contributed by atoms with Gasteiger partial charge in [-0.25, -0.2) is 4.98 Å². The van der Waals surface area contributed by atoms with Gasteiger partial charge in [-0.2, -0.15) is 0 Å². The molecule has 0 unspecified atom stereocenters. The van der Waals surface area contributed by atoms with Gasteiger partial charge in [-0.15, -0.1) is 0 Å². The number of hydrogen-bond acceptors (Lipinski definition) is 5. The van der Waals surface area contributed by atoms with Crippen LogP contribution in [0.3, 0.4) is 0 Å². The van der Waals surface area contributed by atoms with Crippen LogP contribution in [0.15, 0.2) is 69.7 Å². The molecular formula is C17H15N3O2S. The molecule has 23 heavy (non-hydrogen) atoms. The largest absolute Gasteiger partial charge is 0.411 e. The van der Waals surface area contributed by atoms with E-state index in [0.717, 1.165) is 5.69 Å². The molecule has 0 radical (unpaired) electrons. The van der Waals surface area contributed by atoms with E-state index in [1.165, 1.54) is 11.8 Å². The monoisotopic (exact) mass is 325 g/mol. The molecule has 0 aliphatic heterocycles. The van der Waals surface area contributed by atoms with Crippen LogP contribution in [0, 0.1) is 0 Å². The molecule has 3 rings (SSSR count). The van der Waals surface area contributed by atoms with Gasteiger partial charge in [0, 0.05) is 5.75 Å². The van der Waals surface area contributed by atoms with E-state index in [0.29, 0.717) is 27.5 Å². The zero-order chi connectivity index (χ0) is 16.2. The second kappa shape index (κ2) is 6.66. The number of thioether (sulfide) groups is 1. The van der Waals surface area contributed by atoms with Crippen molar-refractivity contribution in [2.24, 2.45) is 5.16 Å². The summed E-state index contributed by atoms with van der Waals surface area (Å²) in [6.07, 6.45) is 0. The summed E-state index contributed by atoms with van der Waals surface area (Å²) in [4.78, 5) is 17.5. The minimum atomic E-state index is -0.108. The number of fused-ring (bicyclic) bond motifs is 1. The molecule has 3 aromatic rings. The molecule has 0 amide bonds. The highest BCUT2D eigenvalue weighted by Crippen LogP contribution is 2.21. The van der Waals surface area contributed by atoms with Crippen LogP contribution in [0.25, 0.3) is 16.6 Å². The topological polar surface area (TPSA) is 67.5 Å². The van der Waals surface area contributed by atoms with Crippen LogP contribution in [-0.2, 0) is 0 Å². The standard InChI is InChI=1S/C17H15N3O2S/c1-12(19-22)11-23-17-18-15-10-6-5-9-14(15)16(21)20(17)13-7-3-2-4-8-13/h2-10,22H,11H2,1H3/b19-12+. The van der Waals surface area contributed by atoms with Crippen LogP contribution in [0.4, 0.5) is 0 Å². The van der Waals surface area contributed by atoms with Crippen molar-refractivity contribution in [1.82, 2.24) is 9.55 Å². The van der Waals surface area contributed by atoms with Gasteiger partial charge in [0.15, 0.2) is 5.16 Å². The lowest BCUT2D eigenvalue weighted by Crippen LogP contribution is -2.22. The first-order valence-corrected chi connectivity index (χ1v) is 8.07. The summed E-state index contributed by atoms with van der Waals surface area (Å²) in [5.41, 5.74) is 1.88. The Balaban J connectivity index is 2.21. The Morgan fingerprint density at radius 3 is 2.61 bits per heavy atom. The fourth-order valence-corrected chi connectivity index (χ4v) is 3.09. The van der Waals surface area contributed by atoms with E-state index < -0.39 is 0 Å². The van der Waals surface area contributed by atoms with E-state index in [-0.39, 0.29) is 5.56 Å². The number of aromatic nitrogens is 2. The molecule has 0 bridgehead atoms. The van der Waals surface area contributed by atoms with Crippen molar-refractivity contribution in [3.05, 3.63) is 65.0 Å². The maximum atomic E-state index is 12.9. The van der Waals surface area contributed by atoms with E-state index in [9.17, 15) is 4.79 Å². The molecule has 0 aliphatic rings. The van der Waals surface area contributed by atoms with Crippen molar-refractivity contribution < 1.29 is 5.21 Å². The molecule has 0 spiro atoms. The van der Waals surface area contributed by atoms with E-state index in [2.05, 4.69) is 10.1 Å². The SMILES string of the molecule is C/C(CSc1nc2ccccc2c(=O)n1-c1ccccc1)=N\O. The summed E-state index contributed by atoms with van der Waals surface area (Å²) < 4.78 is 1.59. The summed E-state index contributed by atoms with van der Waals surface area (Å²) in [7, 11) is 0. The first-order chi connectivity index (χ1) is 11.2. The highest BCUT2D eigenvalue weighted by Gasteiger charge is 2.13. The van der Waals surface area contributed by atoms with E-state index in [1.807, 2.05) is 48.5 Å². The summed E-state index contributed by atoms with van der Waals surface area (Å²) in [5, 5.41) is 13.1. The minimum Gasteiger partial charge on any atom is -0.411 e. The fourth-order valence-electron chi connectivity index (χ4n) is 2.21. The molecule has 0 fully saturated rings. The van der Waals surface area contributed by atoms with Gasteiger partial charge in [0.25, 0.3) is 5.56 Å². The van der Waals surface area contributed by atoms with Gasteiger partial charge in [0.1, 0.15) is 0 Å². The zero-order valence-corrected chi connectivity index (χ0v) is 13.3. The molecular weight excluding hydrogens is 310 g/mol. The average Bonchev–Trinajstić information content (AvgIpc) is 2.60. The van der Waals surface area contributed by atoms with E-state index >= 15 is 0 Å². The van der Waals surface area contributed by atoms with Crippen LogP contribution in [0.5, 0.6) is 0 Å². The number of hydrogen-bond donors (Lipinski definition) is 1. The molecule has 0 saturated heterocycles. The Kier molecular flexibility index (Phi) is 4.43. The normalized spacial score (nSPS) is 11.8. The van der Waals surface area contributed by atoms with Gasteiger partial charge < -0.3 is 5.21 Å². The van der Waals surface area contributed by atoms with Gasteiger partial charge in [-0.05, 0) is 31.2 Å². The number of benzene rings is 2. The second-order valence-corrected chi connectivity index (χ2v) is 5.95. The van der Waals surface area contributed by atoms with Crippen LogP contribution in [0.1, 0.15) is 6.92 Å². The molecule has 116 valence electrons. The third-order valence-corrected chi connectivity index (χ3v) is 4.43. The molecule has 1 N–H and O–H groups in total. The van der Waals surface area contributed by atoms with Crippen molar-refractivity contribution >= 4 is 28.4 Å². The summed E-state index contributed by atoms with van der Waals surface area (Å²) in [6.45, 7) is 1.72. The molecule has 1 aromatic heterocycles.